The van der Waals surface area contributed by atoms with Gasteiger partial charge in [-0.15, -0.1) is 0 Å². The Labute approximate surface area is 202 Å². The van der Waals surface area contributed by atoms with Gasteiger partial charge in [0.15, 0.2) is 8.32 Å². The molecule has 2 aliphatic rings. The highest BCUT2D eigenvalue weighted by atomic mass is 28.4. The number of hydrazone groups is 1. The quantitative estimate of drug-likeness (QED) is 0.576. The lowest BCUT2D eigenvalue weighted by Crippen LogP contribution is -2.48. The number of aliphatic hydroxyl groups is 1. The van der Waals surface area contributed by atoms with Gasteiger partial charge in [0.2, 0.25) is 5.91 Å². The number of hydrogen-bond donors (Lipinski definition) is 2. The average Bonchev–Trinajstić information content (AvgIpc) is 2.82. The number of carbonyl (C=O) groups is 1. The predicted octanol–water partition coefficient (Wildman–Crippen LogP) is 4.25. The molecular weight excluding hydrogens is 448 g/mol. The third kappa shape index (κ3) is 4.81. The van der Waals surface area contributed by atoms with Crippen LogP contribution in [0.15, 0.2) is 53.6 Å². The maximum atomic E-state index is 12.8. The number of aliphatic hydroxyl groups excluding tert-OH is 1. The van der Waals surface area contributed by atoms with E-state index in [2.05, 4.69) is 12.0 Å². The molecule has 4 atom stereocenters. The molecule has 2 aromatic rings. The Morgan fingerprint density at radius 2 is 1.94 bits per heavy atom. The third-order valence-corrected chi connectivity index (χ3v) is 9.37. The van der Waals surface area contributed by atoms with E-state index in [0.717, 1.165) is 16.8 Å². The lowest BCUT2D eigenvalue weighted by Gasteiger charge is -2.43. The van der Waals surface area contributed by atoms with Crippen LogP contribution in [0.1, 0.15) is 43.4 Å². The van der Waals surface area contributed by atoms with Crippen molar-refractivity contribution in [2.75, 3.05) is 18.7 Å². The molecule has 2 aromatic carbocycles. The number of nitrogens with zero attached hydrogens (tertiary/aromatic N) is 2. The third-order valence-electron chi connectivity index (χ3n) is 6.94. The van der Waals surface area contributed by atoms with Crippen molar-refractivity contribution < 1.29 is 24.2 Å². The van der Waals surface area contributed by atoms with Crippen LogP contribution in [0, 0.1) is 5.92 Å². The normalized spacial score (nSPS) is 23.7. The van der Waals surface area contributed by atoms with Gasteiger partial charge in [-0.3, -0.25) is 4.79 Å². The number of rotatable bonds is 7. The molecule has 0 saturated carbocycles. The number of carbonyl (C=O) groups excluding carboxylic acids is 1. The fourth-order valence-corrected chi connectivity index (χ4v) is 7.16. The van der Waals surface area contributed by atoms with Crippen molar-refractivity contribution in [1.82, 2.24) is 0 Å². The van der Waals surface area contributed by atoms with Crippen LogP contribution in [0.3, 0.4) is 0 Å². The van der Waals surface area contributed by atoms with Gasteiger partial charge in [-0.05, 0) is 43.3 Å². The van der Waals surface area contributed by atoms with Gasteiger partial charge < -0.3 is 19.4 Å². The molecule has 4 rings (SSSR count). The summed E-state index contributed by atoms with van der Waals surface area (Å²) in [5, 5.41) is 15.8. The molecule has 34 heavy (non-hydrogen) atoms. The summed E-state index contributed by atoms with van der Waals surface area (Å²) in [7, 11) is -0.931. The summed E-state index contributed by atoms with van der Waals surface area (Å²) in [6, 6.07) is 15.5. The van der Waals surface area contributed by atoms with Gasteiger partial charge in [-0.1, -0.05) is 37.3 Å². The molecule has 7 nitrogen and oxygen atoms in total. The molecule has 2 heterocycles. The van der Waals surface area contributed by atoms with E-state index in [1.54, 1.807) is 7.11 Å². The molecule has 0 radical (unpaired) electrons. The molecule has 1 amide bonds. The van der Waals surface area contributed by atoms with Gasteiger partial charge in [0, 0.05) is 43.6 Å². The molecule has 2 aliphatic heterocycles. The highest BCUT2D eigenvalue weighted by molar-refractivity contribution is 6.71. The number of ether oxygens (including phenoxy) is 2. The van der Waals surface area contributed by atoms with Gasteiger partial charge in [-0.2, -0.15) is 5.10 Å². The Morgan fingerprint density at radius 3 is 2.59 bits per heavy atom. The molecule has 8 heteroatoms. The number of hydrogen-bond acceptors (Lipinski definition) is 6. The van der Waals surface area contributed by atoms with Crippen molar-refractivity contribution in [3.8, 4) is 5.75 Å². The number of fused-ring (bicyclic) bond motifs is 1. The van der Waals surface area contributed by atoms with Crippen molar-refractivity contribution in [3.05, 3.63) is 59.7 Å². The number of benzene rings is 2. The topological polar surface area (TPSA) is 91.6 Å². The van der Waals surface area contributed by atoms with Crippen molar-refractivity contribution in [2.24, 2.45) is 11.0 Å². The highest BCUT2D eigenvalue weighted by Gasteiger charge is 2.46. The minimum absolute atomic E-state index is 0.00347. The monoisotopic (exact) mass is 482 g/mol. The van der Waals surface area contributed by atoms with Crippen LogP contribution in [0.5, 0.6) is 5.75 Å². The largest absolute Gasteiger partial charge is 0.490 e. The second-order valence-corrected chi connectivity index (χ2v) is 13.8. The van der Waals surface area contributed by atoms with Crippen LogP contribution in [0.2, 0.25) is 18.6 Å². The van der Waals surface area contributed by atoms with Crippen LogP contribution in [0.4, 0.5) is 5.69 Å². The highest BCUT2D eigenvalue weighted by Crippen LogP contribution is 2.47. The van der Waals surface area contributed by atoms with Gasteiger partial charge >= 0.3 is 0 Å². The van der Waals surface area contributed by atoms with E-state index < -0.39 is 8.32 Å². The smallest absolute Gasteiger partial charge is 0.247 e. The van der Waals surface area contributed by atoms with Crippen LogP contribution in [-0.2, 0) is 9.53 Å². The van der Waals surface area contributed by atoms with E-state index in [-0.39, 0.29) is 36.2 Å². The summed E-state index contributed by atoms with van der Waals surface area (Å²) < 4.78 is 12.3. The predicted molar refractivity (Wildman–Crippen MR) is 135 cm³/mol. The molecule has 0 bridgehead atoms. The molecule has 0 aliphatic carbocycles. The first-order chi connectivity index (χ1) is 16.2. The molecule has 0 aromatic heterocycles. The average molecular weight is 483 g/mol. The molecule has 0 fully saturated rings. The molecular formula is C26H34N2O5Si. The molecule has 0 spiro atoms. The van der Waals surface area contributed by atoms with Crippen LogP contribution < -0.4 is 9.75 Å². The number of anilines is 1. The Kier molecular flexibility index (Phi) is 7.23. The standard InChI is InChI=1S/C26H34N2O5Si/c1-17-25(32-2)20-16-19(10-12-22(20)33-26(17)23(14-15-29)34(3,4)31)28-24(30)13-11-21(27-28)18-8-6-5-7-9-18/h5-10,12,16-17,23,25-26,29,31H,11,13-15H2,1-4H3/t17-,23?,25-,26-/m0/s1. The van der Waals surface area contributed by atoms with Crippen molar-refractivity contribution in [1.29, 1.82) is 0 Å². The Hall–Kier alpha value is -2.52. The van der Waals surface area contributed by atoms with Crippen LogP contribution in [-0.4, -0.2) is 49.7 Å². The summed E-state index contributed by atoms with van der Waals surface area (Å²) in [6.45, 7) is 5.81. The Morgan fingerprint density at radius 1 is 1.21 bits per heavy atom. The minimum atomic E-state index is -2.60. The van der Waals surface area contributed by atoms with Gasteiger partial charge in [-0.25, -0.2) is 5.01 Å². The summed E-state index contributed by atoms with van der Waals surface area (Å²) in [6.07, 6.45) is 0.936. The maximum Gasteiger partial charge on any atom is 0.247 e. The molecule has 0 saturated heterocycles. The van der Waals surface area contributed by atoms with E-state index in [4.69, 9.17) is 9.47 Å². The first-order valence-electron chi connectivity index (χ1n) is 11.9. The van der Waals surface area contributed by atoms with Crippen LogP contribution >= 0.6 is 0 Å². The van der Waals surface area contributed by atoms with Crippen molar-refractivity contribution in [3.63, 3.8) is 0 Å². The fourth-order valence-electron chi connectivity index (χ4n) is 5.15. The van der Waals surface area contributed by atoms with E-state index in [0.29, 0.717) is 30.7 Å². The summed E-state index contributed by atoms with van der Waals surface area (Å²) in [5.74, 6) is 0.576. The minimum Gasteiger partial charge on any atom is -0.490 e. The van der Waals surface area contributed by atoms with Gasteiger partial charge in [0.1, 0.15) is 11.9 Å². The first kappa shape index (κ1) is 24.6. The zero-order chi connectivity index (χ0) is 24.5. The van der Waals surface area contributed by atoms with Crippen molar-refractivity contribution >= 4 is 25.6 Å². The molecule has 182 valence electrons. The van der Waals surface area contributed by atoms with E-state index in [1.165, 1.54) is 5.01 Å². The van der Waals surface area contributed by atoms with Crippen LogP contribution in [0.25, 0.3) is 0 Å². The van der Waals surface area contributed by atoms with E-state index in [9.17, 15) is 14.7 Å². The Bertz CT molecular complexity index is 1050. The summed E-state index contributed by atoms with van der Waals surface area (Å²) in [5.41, 5.74) is 3.29. The second kappa shape index (κ2) is 9.99. The zero-order valence-corrected chi connectivity index (χ0v) is 21.3. The fraction of sp³-hybridized carbons (Fsp3) is 0.462. The SMILES string of the molecule is CO[C@@H]1c2cc(N3N=C(c4ccccc4)CCC3=O)ccc2O[C@H](C(CCO)[Si](C)(C)O)[C@H]1C. The first-order valence-corrected chi connectivity index (χ1v) is 14.9. The van der Waals surface area contributed by atoms with E-state index in [1.807, 2.05) is 61.6 Å². The summed E-state index contributed by atoms with van der Waals surface area (Å²) >= 11 is 0. The zero-order valence-electron chi connectivity index (χ0n) is 20.3. The van der Waals surface area contributed by atoms with Gasteiger partial charge in [0.25, 0.3) is 0 Å². The molecule has 1 unspecified atom stereocenters. The van der Waals surface area contributed by atoms with Gasteiger partial charge in [0.05, 0.1) is 17.5 Å². The summed E-state index contributed by atoms with van der Waals surface area (Å²) in [4.78, 5) is 23.7. The maximum absolute atomic E-state index is 12.8. The van der Waals surface area contributed by atoms with Crippen molar-refractivity contribution in [2.45, 2.75) is 57.0 Å². The number of amides is 1. The second-order valence-electron chi connectivity index (χ2n) is 9.71. The lowest BCUT2D eigenvalue weighted by atomic mass is 9.86. The Balaban J connectivity index is 1.69. The lowest BCUT2D eigenvalue weighted by molar-refractivity contribution is -0.118. The van der Waals surface area contributed by atoms with E-state index >= 15 is 0 Å². The molecule has 2 N–H and O–H groups in total. The number of methoxy groups -OCH3 is 1.